The van der Waals surface area contributed by atoms with Crippen LogP contribution in [0, 0.1) is 6.92 Å². The van der Waals surface area contributed by atoms with E-state index in [2.05, 4.69) is 16.9 Å². The Kier molecular flexibility index (Phi) is 2.28. The maximum atomic E-state index is 9.25. The van der Waals surface area contributed by atoms with Gasteiger partial charge in [-0.15, -0.1) is 0 Å². The van der Waals surface area contributed by atoms with E-state index in [1.54, 1.807) is 0 Å². The van der Waals surface area contributed by atoms with E-state index in [1.807, 2.05) is 19.1 Å². The summed E-state index contributed by atoms with van der Waals surface area (Å²) < 4.78 is 0.845. The van der Waals surface area contributed by atoms with Crippen LogP contribution in [-0.4, -0.2) is 22.0 Å². The zero-order chi connectivity index (χ0) is 7.72. The Bertz CT molecular complexity index is 233. The average Bonchev–Trinajstić information content (AvgIpc) is 1.93. The summed E-state index contributed by atoms with van der Waals surface area (Å²) in [4.78, 5) is 0. The van der Waals surface area contributed by atoms with Gasteiger partial charge < -0.3 is 0 Å². The molecular formula is C7H6AsClO. The van der Waals surface area contributed by atoms with Crippen molar-refractivity contribution in [1.82, 2.24) is 0 Å². The van der Waals surface area contributed by atoms with E-state index in [0.29, 0.717) is 5.02 Å². The van der Waals surface area contributed by atoms with Crippen molar-refractivity contribution in [2.24, 2.45) is 0 Å². The van der Waals surface area contributed by atoms with Gasteiger partial charge in [-0.1, -0.05) is 0 Å². The van der Waals surface area contributed by atoms with Gasteiger partial charge in [0.2, 0.25) is 0 Å². The number of aromatic hydroxyl groups is 1. The number of halogens is 1. The Hall–Kier alpha value is -0.132. The Labute approximate surface area is 73.5 Å². The molecule has 52 valence electrons. The molecule has 0 bridgehead atoms. The Balaban J connectivity index is 3.34. The molecule has 0 fully saturated rings. The van der Waals surface area contributed by atoms with Gasteiger partial charge >= 0.3 is 73.3 Å². The molecule has 1 N–H and O–H groups in total. The third-order valence-corrected chi connectivity index (χ3v) is 2.75. The molecule has 0 saturated heterocycles. The van der Waals surface area contributed by atoms with E-state index in [4.69, 9.17) is 11.6 Å². The number of aryl methyl sites for hydroxylation is 1. The third-order valence-electron chi connectivity index (χ3n) is 1.30. The molecule has 0 aliphatic carbocycles. The summed E-state index contributed by atoms with van der Waals surface area (Å²) in [6.07, 6.45) is 0. The van der Waals surface area contributed by atoms with Crippen LogP contribution in [0.2, 0.25) is 5.02 Å². The molecule has 0 saturated carbocycles. The molecule has 1 aromatic rings. The molecule has 1 rings (SSSR count). The number of hydrogen-bond acceptors (Lipinski definition) is 1. The van der Waals surface area contributed by atoms with Crippen molar-refractivity contribution in [3.8, 4) is 5.75 Å². The van der Waals surface area contributed by atoms with E-state index in [-0.39, 0.29) is 5.75 Å². The van der Waals surface area contributed by atoms with Crippen molar-refractivity contribution >= 4 is 32.8 Å². The normalized spacial score (nSPS) is 9.90. The van der Waals surface area contributed by atoms with Crippen LogP contribution in [0.1, 0.15) is 5.56 Å². The standard InChI is InChI=1S/C7H6AsClO/c1-4-2-3-5(8)6(9)7(4)10/h2-3,10H,1H3. The van der Waals surface area contributed by atoms with Gasteiger partial charge in [0, 0.05) is 0 Å². The molecular weight excluding hydrogens is 210 g/mol. The molecule has 10 heavy (non-hydrogen) atoms. The van der Waals surface area contributed by atoms with Gasteiger partial charge in [-0.3, -0.25) is 0 Å². The van der Waals surface area contributed by atoms with Crippen molar-refractivity contribution in [3.63, 3.8) is 0 Å². The van der Waals surface area contributed by atoms with E-state index in [9.17, 15) is 5.11 Å². The molecule has 0 unspecified atom stereocenters. The van der Waals surface area contributed by atoms with Crippen LogP contribution in [0.3, 0.4) is 0 Å². The number of phenols is 1. The quantitative estimate of drug-likeness (QED) is 0.645. The monoisotopic (exact) mass is 216 g/mol. The fraction of sp³-hybridized carbons (Fsp3) is 0.143. The second-order valence-corrected chi connectivity index (χ2v) is 3.45. The van der Waals surface area contributed by atoms with Crippen molar-refractivity contribution < 1.29 is 5.11 Å². The van der Waals surface area contributed by atoms with E-state index < -0.39 is 0 Å². The Morgan fingerprint density at radius 1 is 1.50 bits per heavy atom. The van der Waals surface area contributed by atoms with Crippen LogP contribution in [0.5, 0.6) is 5.75 Å². The van der Waals surface area contributed by atoms with Gasteiger partial charge in [-0.25, -0.2) is 0 Å². The molecule has 0 aliphatic rings. The first-order valence-electron chi connectivity index (χ1n) is 2.80. The van der Waals surface area contributed by atoms with E-state index in [1.165, 1.54) is 0 Å². The summed E-state index contributed by atoms with van der Waals surface area (Å²) >= 11 is 8.02. The molecule has 2 radical (unpaired) electrons. The topological polar surface area (TPSA) is 20.2 Å². The maximum absolute atomic E-state index is 9.25. The van der Waals surface area contributed by atoms with E-state index in [0.717, 1.165) is 9.91 Å². The molecule has 0 aromatic heterocycles. The number of phenolic OH excluding ortho intramolecular Hbond substituents is 1. The van der Waals surface area contributed by atoms with Crippen molar-refractivity contribution in [2.45, 2.75) is 6.92 Å². The van der Waals surface area contributed by atoms with Crippen molar-refractivity contribution in [2.75, 3.05) is 0 Å². The second-order valence-electron chi connectivity index (χ2n) is 2.06. The molecule has 0 spiro atoms. The van der Waals surface area contributed by atoms with Crippen LogP contribution < -0.4 is 4.35 Å². The zero-order valence-electron chi connectivity index (χ0n) is 5.43. The van der Waals surface area contributed by atoms with Gasteiger partial charge in [0.05, 0.1) is 0 Å². The summed E-state index contributed by atoms with van der Waals surface area (Å²) in [5, 5.41) is 9.68. The molecule has 3 heteroatoms. The predicted molar refractivity (Wildman–Crippen MR) is 43.2 cm³/mol. The van der Waals surface area contributed by atoms with Gasteiger partial charge in [0.25, 0.3) is 0 Å². The zero-order valence-corrected chi connectivity index (χ0v) is 8.06. The number of benzene rings is 1. The number of rotatable bonds is 0. The fourth-order valence-corrected chi connectivity index (χ4v) is 1.24. The fourth-order valence-electron chi connectivity index (χ4n) is 0.650. The van der Waals surface area contributed by atoms with Gasteiger partial charge in [0.15, 0.2) is 0 Å². The summed E-state index contributed by atoms with van der Waals surface area (Å²) in [6.45, 7) is 1.81. The molecule has 0 aliphatic heterocycles. The Morgan fingerprint density at radius 2 is 2.10 bits per heavy atom. The summed E-state index contributed by atoms with van der Waals surface area (Å²) in [5.41, 5.74) is 0.805. The van der Waals surface area contributed by atoms with Crippen LogP contribution in [0.25, 0.3) is 0 Å². The second kappa shape index (κ2) is 2.85. The molecule has 0 amide bonds. The first-order chi connectivity index (χ1) is 4.63. The first kappa shape index (κ1) is 7.97. The predicted octanol–water partition coefficient (Wildman–Crippen LogP) is 1.15. The van der Waals surface area contributed by atoms with Crippen molar-refractivity contribution in [3.05, 3.63) is 22.7 Å². The van der Waals surface area contributed by atoms with Gasteiger partial charge in [-0.05, 0) is 0 Å². The van der Waals surface area contributed by atoms with Crippen LogP contribution in [-0.2, 0) is 0 Å². The summed E-state index contributed by atoms with van der Waals surface area (Å²) in [5.74, 6) is 0.180. The summed E-state index contributed by atoms with van der Waals surface area (Å²) in [6, 6.07) is 3.69. The SMILES string of the molecule is Cc1ccc([As])c(Cl)c1O. The van der Waals surface area contributed by atoms with Crippen LogP contribution in [0.15, 0.2) is 12.1 Å². The van der Waals surface area contributed by atoms with Gasteiger partial charge in [-0.2, -0.15) is 0 Å². The van der Waals surface area contributed by atoms with Crippen molar-refractivity contribution in [1.29, 1.82) is 0 Å². The molecule has 0 heterocycles. The average molecular weight is 216 g/mol. The van der Waals surface area contributed by atoms with Crippen LogP contribution in [0.4, 0.5) is 0 Å². The van der Waals surface area contributed by atoms with E-state index >= 15 is 0 Å². The Morgan fingerprint density at radius 3 is 2.60 bits per heavy atom. The minimum atomic E-state index is 0.180. The van der Waals surface area contributed by atoms with Gasteiger partial charge in [0.1, 0.15) is 0 Å². The molecule has 0 atom stereocenters. The molecule has 1 nitrogen and oxygen atoms in total. The number of hydrogen-bond donors (Lipinski definition) is 1. The molecule has 1 aromatic carbocycles. The third kappa shape index (κ3) is 1.30. The summed E-state index contributed by atoms with van der Waals surface area (Å²) in [7, 11) is 0. The van der Waals surface area contributed by atoms with Crippen LogP contribution >= 0.6 is 11.6 Å². The minimum absolute atomic E-state index is 0.180. The first-order valence-corrected chi connectivity index (χ1v) is 4.11.